The van der Waals surface area contributed by atoms with E-state index >= 15 is 0 Å². The SMILES string of the molecule is CCCn1c(=O)n([C@@H]2O[C@H]([C@@H](O)C(F)(F)F)[C@H](F)[C@H]2O)c2nc(N)ncc21. The van der Waals surface area contributed by atoms with Crippen LogP contribution in [0.4, 0.5) is 23.5 Å². The molecule has 3 heterocycles. The molecule has 3 rings (SSSR count). The second-order valence-electron chi connectivity index (χ2n) is 6.15. The molecule has 2 aromatic heterocycles. The monoisotopic (exact) mass is 395 g/mol. The number of nitrogens with zero attached hydrogens (tertiary/aromatic N) is 4. The third-order valence-corrected chi connectivity index (χ3v) is 4.30. The summed E-state index contributed by atoms with van der Waals surface area (Å²) in [5.74, 6) is -0.235. The molecular weight excluding hydrogens is 378 g/mol. The molecule has 0 aliphatic carbocycles. The molecule has 13 heteroatoms. The van der Waals surface area contributed by atoms with Gasteiger partial charge in [0.2, 0.25) is 5.95 Å². The molecule has 0 aromatic carbocycles. The number of aryl methyl sites for hydroxylation is 1. The van der Waals surface area contributed by atoms with E-state index in [-0.39, 0.29) is 23.7 Å². The quantitative estimate of drug-likeness (QED) is 0.627. The fourth-order valence-corrected chi connectivity index (χ4v) is 3.06. The molecule has 1 fully saturated rings. The van der Waals surface area contributed by atoms with Gasteiger partial charge in [0.1, 0.15) is 17.7 Å². The number of rotatable bonds is 4. The number of anilines is 1. The zero-order chi connectivity index (χ0) is 20.1. The minimum Gasteiger partial charge on any atom is -0.385 e. The standard InChI is InChI=1S/C14H17F4N5O4/c1-2-3-22-5-4-20-12(19)21-10(5)23(13(22)26)11-7(24)6(15)8(27-11)9(25)14(16,17)18/h4,6-9,11,24-25H,2-3H2,1H3,(H2,19,20,21)/t6-,7-,8+,9-,11-/m1/s1. The van der Waals surface area contributed by atoms with Gasteiger partial charge in [-0.15, -0.1) is 0 Å². The van der Waals surface area contributed by atoms with Gasteiger partial charge in [-0.1, -0.05) is 6.92 Å². The molecule has 150 valence electrons. The van der Waals surface area contributed by atoms with E-state index in [9.17, 15) is 32.6 Å². The van der Waals surface area contributed by atoms with Crippen LogP contribution in [0.1, 0.15) is 19.6 Å². The molecule has 2 aromatic rings. The van der Waals surface area contributed by atoms with Crippen LogP contribution in [0, 0.1) is 0 Å². The van der Waals surface area contributed by atoms with Gasteiger partial charge in [0.05, 0.1) is 6.20 Å². The molecule has 0 radical (unpaired) electrons. The molecule has 0 saturated carbocycles. The average molecular weight is 395 g/mol. The highest BCUT2D eigenvalue weighted by molar-refractivity contribution is 5.71. The molecule has 0 bridgehead atoms. The van der Waals surface area contributed by atoms with Crippen LogP contribution in [0.3, 0.4) is 0 Å². The molecule has 1 aliphatic rings. The third kappa shape index (κ3) is 3.15. The van der Waals surface area contributed by atoms with E-state index in [0.717, 1.165) is 4.57 Å². The number of nitrogen functional groups attached to an aromatic ring is 1. The number of fused-ring (bicyclic) bond motifs is 1. The molecule has 0 unspecified atom stereocenters. The molecule has 1 aliphatic heterocycles. The second kappa shape index (κ2) is 6.73. The van der Waals surface area contributed by atoms with E-state index in [1.807, 2.05) is 0 Å². The van der Waals surface area contributed by atoms with Crippen molar-refractivity contribution in [1.82, 2.24) is 19.1 Å². The predicted octanol–water partition coefficient (Wildman–Crippen LogP) is 0.105. The topological polar surface area (TPSA) is 128 Å². The van der Waals surface area contributed by atoms with E-state index < -0.39 is 42.6 Å². The number of imidazole rings is 1. The summed E-state index contributed by atoms with van der Waals surface area (Å²) in [6.07, 6.45) is -15.5. The number of hydrogen-bond acceptors (Lipinski definition) is 7. The van der Waals surface area contributed by atoms with Crippen molar-refractivity contribution < 1.29 is 32.5 Å². The van der Waals surface area contributed by atoms with Gasteiger partial charge >= 0.3 is 11.9 Å². The zero-order valence-corrected chi connectivity index (χ0v) is 14.0. The predicted molar refractivity (Wildman–Crippen MR) is 83.4 cm³/mol. The van der Waals surface area contributed by atoms with Crippen molar-refractivity contribution in [2.75, 3.05) is 5.73 Å². The Labute approximate surface area is 149 Å². The van der Waals surface area contributed by atoms with Gasteiger partial charge in [-0.2, -0.15) is 18.2 Å². The van der Waals surface area contributed by atoms with Crippen LogP contribution in [-0.4, -0.2) is 60.0 Å². The third-order valence-electron chi connectivity index (χ3n) is 4.30. The summed E-state index contributed by atoms with van der Waals surface area (Å²) < 4.78 is 59.3. The van der Waals surface area contributed by atoms with Crippen molar-refractivity contribution >= 4 is 17.1 Å². The second-order valence-corrected chi connectivity index (χ2v) is 6.15. The first-order chi connectivity index (χ1) is 12.6. The summed E-state index contributed by atoms with van der Waals surface area (Å²) in [5, 5.41) is 19.4. The summed E-state index contributed by atoms with van der Waals surface area (Å²) in [4.78, 5) is 20.4. The fraction of sp³-hybridized carbons (Fsp3) is 0.643. The van der Waals surface area contributed by atoms with Gasteiger partial charge in [-0.3, -0.25) is 4.57 Å². The Kier molecular flexibility index (Phi) is 4.86. The maximum Gasteiger partial charge on any atom is 0.417 e. The van der Waals surface area contributed by atoms with Gasteiger partial charge in [0.25, 0.3) is 0 Å². The van der Waals surface area contributed by atoms with Crippen molar-refractivity contribution in [2.24, 2.45) is 0 Å². The van der Waals surface area contributed by atoms with Crippen LogP contribution in [0.15, 0.2) is 11.0 Å². The van der Waals surface area contributed by atoms with Crippen molar-refractivity contribution in [2.45, 2.75) is 56.8 Å². The van der Waals surface area contributed by atoms with Gasteiger partial charge < -0.3 is 20.7 Å². The minimum absolute atomic E-state index is 0.126. The lowest BCUT2D eigenvalue weighted by molar-refractivity contribution is -0.241. The van der Waals surface area contributed by atoms with Gasteiger partial charge in [-0.05, 0) is 6.42 Å². The molecule has 4 N–H and O–H groups in total. The first-order valence-electron chi connectivity index (χ1n) is 8.03. The number of alkyl halides is 4. The van der Waals surface area contributed by atoms with Crippen molar-refractivity contribution in [3.8, 4) is 0 Å². The summed E-state index contributed by atoms with van der Waals surface area (Å²) >= 11 is 0. The summed E-state index contributed by atoms with van der Waals surface area (Å²) in [5.41, 5.74) is 4.79. The fourth-order valence-electron chi connectivity index (χ4n) is 3.06. The van der Waals surface area contributed by atoms with Crippen LogP contribution in [0.25, 0.3) is 11.2 Å². The van der Waals surface area contributed by atoms with Crippen LogP contribution < -0.4 is 11.4 Å². The van der Waals surface area contributed by atoms with E-state index in [0.29, 0.717) is 6.42 Å². The van der Waals surface area contributed by atoms with Crippen LogP contribution >= 0.6 is 0 Å². The zero-order valence-electron chi connectivity index (χ0n) is 14.0. The van der Waals surface area contributed by atoms with E-state index in [1.165, 1.54) is 10.8 Å². The van der Waals surface area contributed by atoms with E-state index in [4.69, 9.17) is 10.5 Å². The Bertz CT molecular complexity index is 898. The number of aliphatic hydroxyl groups is 2. The van der Waals surface area contributed by atoms with Crippen molar-refractivity contribution in [3.63, 3.8) is 0 Å². The van der Waals surface area contributed by atoms with Crippen LogP contribution in [-0.2, 0) is 11.3 Å². The normalized spacial score (nSPS) is 27.4. The molecule has 5 atom stereocenters. The summed E-state index contributed by atoms with van der Waals surface area (Å²) in [6, 6.07) is 0. The number of aliphatic hydroxyl groups excluding tert-OH is 2. The Morgan fingerprint density at radius 2 is 2.11 bits per heavy atom. The molecule has 0 spiro atoms. The highest BCUT2D eigenvalue weighted by Crippen LogP contribution is 2.38. The van der Waals surface area contributed by atoms with E-state index in [2.05, 4.69) is 9.97 Å². The first-order valence-corrected chi connectivity index (χ1v) is 8.03. The Morgan fingerprint density at radius 3 is 2.70 bits per heavy atom. The highest BCUT2D eigenvalue weighted by Gasteiger charge is 2.56. The van der Waals surface area contributed by atoms with Gasteiger partial charge in [0.15, 0.2) is 24.2 Å². The lowest BCUT2D eigenvalue weighted by atomic mass is 10.1. The van der Waals surface area contributed by atoms with Crippen LogP contribution in [0.2, 0.25) is 0 Å². The van der Waals surface area contributed by atoms with Crippen molar-refractivity contribution in [1.29, 1.82) is 0 Å². The molecular formula is C14H17F4N5O4. The largest absolute Gasteiger partial charge is 0.417 e. The lowest BCUT2D eigenvalue weighted by Crippen LogP contribution is -2.44. The maximum absolute atomic E-state index is 14.2. The van der Waals surface area contributed by atoms with Gasteiger partial charge in [-0.25, -0.2) is 18.7 Å². The Morgan fingerprint density at radius 1 is 1.44 bits per heavy atom. The average Bonchev–Trinajstić information content (AvgIpc) is 3.01. The lowest BCUT2D eigenvalue weighted by Gasteiger charge is -2.22. The smallest absolute Gasteiger partial charge is 0.385 e. The number of nitrogens with two attached hydrogens (primary N) is 1. The first kappa shape index (κ1) is 19.5. The highest BCUT2D eigenvalue weighted by atomic mass is 19.4. The number of hydrogen-bond donors (Lipinski definition) is 3. The summed E-state index contributed by atoms with van der Waals surface area (Å²) in [7, 11) is 0. The van der Waals surface area contributed by atoms with Crippen LogP contribution in [0.5, 0.6) is 0 Å². The molecule has 1 saturated heterocycles. The number of ether oxygens (including phenoxy) is 1. The molecule has 27 heavy (non-hydrogen) atoms. The molecule has 0 amide bonds. The number of halogens is 4. The number of aromatic nitrogens is 4. The maximum atomic E-state index is 14.2. The van der Waals surface area contributed by atoms with E-state index in [1.54, 1.807) is 6.92 Å². The van der Waals surface area contributed by atoms with Crippen molar-refractivity contribution in [3.05, 3.63) is 16.7 Å². The Hall–Kier alpha value is -2.25. The van der Waals surface area contributed by atoms with Gasteiger partial charge in [0, 0.05) is 6.54 Å². The summed E-state index contributed by atoms with van der Waals surface area (Å²) in [6.45, 7) is 1.99. The molecule has 9 nitrogen and oxygen atoms in total. The minimum atomic E-state index is -5.17. The Balaban J connectivity index is 2.11.